The Bertz CT molecular complexity index is 218. The molecule has 0 aliphatic heterocycles. The van der Waals surface area contributed by atoms with Gasteiger partial charge in [0, 0.05) is 20.1 Å². The van der Waals surface area contributed by atoms with Crippen LogP contribution in [0, 0.1) is 0 Å². The lowest BCUT2D eigenvalue weighted by Crippen LogP contribution is -2.40. The lowest BCUT2D eigenvalue weighted by molar-refractivity contribution is -0.142. The SMILES string of the molecule is CCCCC(=O)NC(CCCOC)C(=O)O. The number of rotatable bonds is 9. The van der Waals surface area contributed by atoms with Gasteiger partial charge in [0.15, 0.2) is 0 Å². The van der Waals surface area contributed by atoms with Crippen LogP contribution in [-0.2, 0) is 14.3 Å². The molecule has 5 heteroatoms. The molecule has 0 aliphatic carbocycles. The van der Waals surface area contributed by atoms with Gasteiger partial charge in [0.05, 0.1) is 0 Å². The third kappa shape index (κ3) is 7.23. The first-order valence-corrected chi connectivity index (χ1v) is 5.63. The number of carboxylic acid groups (broad SMARTS) is 1. The van der Waals surface area contributed by atoms with E-state index in [-0.39, 0.29) is 5.91 Å². The average Bonchev–Trinajstić information content (AvgIpc) is 2.25. The second-order valence-electron chi connectivity index (χ2n) is 3.70. The molecule has 5 nitrogen and oxygen atoms in total. The first-order chi connectivity index (χ1) is 7.61. The van der Waals surface area contributed by atoms with Crippen LogP contribution in [0.25, 0.3) is 0 Å². The highest BCUT2D eigenvalue weighted by Crippen LogP contribution is 2.00. The molecule has 0 fully saturated rings. The van der Waals surface area contributed by atoms with E-state index in [1.54, 1.807) is 7.11 Å². The number of ether oxygens (including phenoxy) is 1. The fourth-order valence-corrected chi connectivity index (χ4v) is 1.29. The fourth-order valence-electron chi connectivity index (χ4n) is 1.29. The zero-order valence-corrected chi connectivity index (χ0v) is 9.99. The van der Waals surface area contributed by atoms with Crippen molar-refractivity contribution in [1.82, 2.24) is 5.32 Å². The van der Waals surface area contributed by atoms with Crippen LogP contribution in [0.3, 0.4) is 0 Å². The molecular formula is C11H21NO4. The normalized spacial score (nSPS) is 12.1. The molecule has 0 aromatic rings. The van der Waals surface area contributed by atoms with Gasteiger partial charge in [-0.05, 0) is 19.3 Å². The summed E-state index contributed by atoms with van der Waals surface area (Å²) in [7, 11) is 1.57. The van der Waals surface area contributed by atoms with Gasteiger partial charge in [-0.1, -0.05) is 13.3 Å². The molecule has 1 amide bonds. The van der Waals surface area contributed by atoms with E-state index in [0.717, 1.165) is 12.8 Å². The summed E-state index contributed by atoms with van der Waals surface area (Å²) in [6.45, 7) is 2.50. The number of carboxylic acids is 1. The molecule has 0 aromatic carbocycles. The molecule has 94 valence electrons. The first-order valence-electron chi connectivity index (χ1n) is 5.63. The Morgan fingerprint density at radius 3 is 2.56 bits per heavy atom. The number of hydrogen-bond donors (Lipinski definition) is 2. The van der Waals surface area contributed by atoms with Crippen LogP contribution in [0.1, 0.15) is 39.0 Å². The summed E-state index contributed by atoms with van der Waals surface area (Å²) in [5.41, 5.74) is 0. The summed E-state index contributed by atoms with van der Waals surface area (Å²) >= 11 is 0. The molecule has 0 aliphatic rings. The summed E-state index contributed by atoms with van der Waals surface area (Å²) in [5, 5.41) is 11.4. The molecule has 0 saturated heterocycles. The number of unbranched alkanes of at least 4 members (excludes halogenated alkanes) is 1. The van der Waals surface area contributed by atoms with Crippen molar-refractivity contribution in [1.29, 1.82) is 0 Å². The third-order valence-electron chi connectivity index (χ3n) is 2.23. The summed E-state index contributed by atoms with van der Waals surface area (Å²) in [4.78, 5) is 22.2. The van der Waals surface area contributed by atoms with Crippen LogP contribution in [0.4, 0.5) is 0 Å². The number of carbonyl (C=O) groups excluding carboxylic acids is 1. The minimum absolute atomic E-state index is 0.188. The molecule has 0 bridgehead atoms. The number of methoxy groups -OCH3 is 1. The van der Waals surface area contributed by atoms with Crippen LogP contribution in [0.2, 0.25) is 0 Å². The molecule has 0 saturated carbocycles. The van der Waals surface area contributed by atoms with E-state index >= 15 is 0 Å². The lowest BCUT2D eigenvalue weighted by Gasteiger charge is -2.13. The highest BCUT2D eigenvalue weighted by Gasteiger charge is 2.18. The number of amides is 1. The van der Waals surface area contributed by atoms with Crippen molar-refractivity contribution < 1.29 is 19.4 Å². The molecule has 0 spiro atoms. The van der Waals surface area contributed by atoms with Crippen LogP contribution >= 0.6 is 0 Å². The molecule has 2 N–H and O–H groups in total. The van der Waals surface area contributed by atoms with Gasteiger partial charge >= 0.3 is 5.97 Å². The zero-order chi connectivity index (χ0) is 12.4. The minimum atomic E-state index is -0.985. The fraction of sp³-hybridized carbons (Fsp3) is 0.818. The Labute approximate surface area is 96.2 Å². The Morgan fingerprint density at radius 1 is 1.38 bits per heavy atom. The Balaban J connectivity index is 3.92. The predicted octanol–water partition coefficient (Wildman–Crippen LogP) is 1.17. The average molecular weight is 231 g/mol. The van der Waals surface area contributed by atoms with Crippen molar-refractivity contribution >= 4 is 11.9 Å². The maximum absolute atomic E-state index is 11.3. The smallest absolute Gasteiger partial charge is 0.326 e. The quantitative estimate of drug-likeness (QED) is 0.584. The topological polar surface area (TPSA) is 75.6 Å². The van der Waals surface area contributed by atoms with E-state index in [0.29, 0.717) is 25.9 Å². The van der Waals surface area contributed by atoms with E-state index in [1.807, 2.05) is 6.92 Å². The minimum Gasteiger partial charge on any atom is -0.480 e. The van der Waals surface area contributed by atoms with Crippen molar-refractivity contribution in [3.63, 3.8) is 0 Å². The maximum Gasteiger partial charge on any atom is 0.326 e. The first kappa shape index (κ1) is 14.9. The molecule has 1 atom stereocenters. The van der Waals surface area contributed by atoms with Crippen molar-refractivity contribution in [3.8, 4) is 0 Å². The van der Waals surface area contributed by atoms with Gasteiger partial charge in [-0.2, -0.15) is 0 Å². The summed E-state index contributed by atoms with van der Waals surface area (Å²) in [6, 6.07) is -0.792. The monoisotopic (exact) mass is 231 g/mol. The third-order valence-corrected chi connectivity index (χ3v) is 2.23. The van der Waals surface area contributed by atoms with E-state index in [9.17, 15) is 9.59 Å². The van der Waals surface area contributed by atoms with Crippen molar-refractivity contribution in [2.75, 3.05) is 13.7 Å². The molecule has 0 aromatic heterocycles. The van der Waals surface area contributed by atoms with Gasteiger partial charge < -0.3 is 15.2 Å². The zero-order valence-electron chi connectivity index (χ0n) is 9.99. The molecule has 0 radical (unpaired) electrons. The van der Waals surface area contributed by atoms with Gasteiger partial charge in [-0.15, -0.1) is 0 Å². The largest absolute Gasteiger partial charge is 0.480 e. The van der Waals surface area contributed by atoms with Gasteiger partial charge in [-0.3, -0.25) is 4.79 Å². The van der Waals surface area contributed by atoms with E-state index in [4.69, 9.17) is 9.84 Å². The molecule has 0 heterocycles. The summed E-state index contributed by atoms with van der Waals surface area (Å²) in [5.74, 6) is -1.17. The van der Waals surface area contributed by atoms with E-state index < -0.39 is 12.0 Å². The van der Waals surface area contributed by atoms with Crippen LogP contribution in [-0.4, -0.2) is 36.7 Å². The maximum atomic E-state index is 11.3. The Kier molecular flexibility index (Phi) is 8.52. The number of aliphatic carboxylic acids is 1. The van der Waals surface area contributed by atoms with Crippen LogP contribution in [0.15, 0.2) is 0 Å². The number of nitrogens with one attached hydrogen (secondary N) is 1. The standard InChI is InChI=1S/C11H21NO4/c1-3-4-7-10(13)12-9(11(14)15)6-5-8-16-2/h9H,3-8H2,1-2H3,(H,12,13)(H,14,15). The Hall–Kier alpha value is -1.10. The molecule has 1 unspecified atom stereocenters. The Morgan fingerprint density at radius 2 is 2.06 bits per heavy atom. The highest BCUT2D eigenvalue weighted by atomic mass is 16.5. The van der Waals surface area contributed by atoms with Crippen LogP contribution in [0.5, 0.6) is 0 Å². The van der Waals surface area contributed by atoms with E-state index in [2.05, 4.69) is 5.32 Å². The van der Waals surface area contributed by atoms with Crippen molar-refractivity contribution in [2.24, 2.45) is 0 Å². The van der Waals surface area contributed by atoms with E-state index in [1.165, 1.54) is 0 Å². The molecule has 16 heavy (non-hydrogen) atoms. The van der Waals surface area contributed by atoms with Crippen LogP contribution < -0.4 is 5.32 Å². The summed E-state index contributed by atoms with van der Waals surface area (Å²) in [6.07, 6.45) is 3.14. The van der Waals surface area contributed by atoms with Crippen molar-refractivity contribution in [2.45, 2.75) is 45.1 Å². The number of hydrogen-bond acceptors (Lipinski definition) is 3. The second kappa shape index (κ2) is 9.15. The lowest BCUT2D eigenvalue weighted by atomic mass is 10.1. The second-order valence-corrected chi connectivity index (χ2v) is 3.70. The number of carbonyl (C=O) groups is 2. The van der Waals surface area contributed by atoms with Gasteiger partial charge in [0.2, 0.25) is 5.91 Å². The van der Waals surface area contributed by atoms with Gasteiger partial charge in [0.1, 0.15) is 6.04 Å². The molecule has 0 rings (SSSR count). The molecular weight excluding hydrogens is 210 g/mol. The van der Waals surface area contributed by atoms with Crippen molar-refractivity contribution in [3.05, 3.63) is 0 Å². The van der Waals surface area contributed by atoms with Gasteiger partial charge in [0.25, 0.3) is 0 Å². The summed E-state index contributed by atoms with van der Waals surface area (Å²) < 4.78 is 4.84. The highest BCUT2D eigenvalue weighted by molar-refractivity contribution is 5.83. The van der Waals surface area contributed by atoms with Gasteiger partial charge in [-0.25, -0.2) is 4.79 Å². The predicted molar refractivity (Wildman–Crippen MR) is 60.2 cm³/mol.